The molecule has 0 spiro atoms. The van der Waals surface area contributed by atoms with Gasteiger partial charge in [-0.15, -0.1) is 0 Å². The number of benzene rings is 1. The molecule has 0 bridgehead atoms. The van der Waals surface area contributed by atoms with Crippen molar-refractivity contribution in [3.8, 4) is 0 Å². The topological polar surface area (TPSA) is 8.17 Å². The molecule has 1 saturated heterocycles. The van der Waals surface area contributed by atoms with E-state index >= 15 is 0 Å². The number of rotatable bonds is 1. The molecule has 0 aliphatic carbocycles. The SMILES string of the molecule is [2H]c1ccc2cc(C)n(C3CCN(C)CC3)c2c1. The molecule has 17 heavy (non-hydrogen) atoms. The fraction of sp³-hybridized carbons (Fsp3) is 0.467. The predicted molar refractivity (Wildman–Crippen MR) is 72.4 cm³/mol. The fourth-order valence-corrected chi connectivity index (χ4v) is 2.99. The van der Waals surface area contributed by atoms with Crippen molar-refractivity contribution in [3.05, 3.63) is 36.0 Å². The van der Waals surface area contributed by atoms with E-state index in [1.165, 1.54) is 42.5 Å². The second kappa shape index (κ2) is 4.19. The number of aryl methyl sites for hydroxylation is 1. The zero-order valence-corrected chi connectivity index (χ0v) is 10.6. The van der Waals surface area contributed by atoms with Gasteiger partial charge in [-0.1, -0.05) is 18.2 Å². The summed E-state index contributed by atoms with van der Waals surface area (Å²) in [5.74, 6) is 0. The number of piperidine rings is 1. The molecule has 0 N–H and O–H groups in total. The van der Waals surface area contributed by atoms with E-state index in [-0.39, 0.29) is 0 Å². The summed E-state index contributed by atoms with van der Waals surface area (Å²) in [5.41, 5.74) is 2.56. The van der Waals surface area contributed by atoms with E-state index in [4.69, 9.17) is 1.37 Å². The lowest BCUT2D eigenvalue weighted by molar-refractivity contribution is 0.223. The van der Waals surface area contributed by atoms with Gasteiger partial charge in [-0.2, -0.15) is 0 Å². The highest BCUT2D eigenvalue weighted by Crippen LogP contribution is 2.29. The maximum atomic E-state index is 7.81. The van der Waals surface area contributed by atoms with E-state index in [2.05, 4.69) is 35.6 Å². The summed E-state index contributed by atoms with van der Waals surface area (Å²) in [6, 6.07) is 9.39. The predicted octanol–water partition coefficient (Wildman–Crippen LogP) is 3.22. The maximum absolute atomic E-state index is 7.81. The zero-order valence-electron chi connectivity index (χ0n) is 11.6. The van der Waals surface area contributed by atoms with Crippen LogP contribution in [0.5, 0.6) is 0 Å². The van der Waals surface area contributed by atoms with E-state index < -0.39 is 0 Å². The molecule has 3 rings (SSSR count). The first-order valence-corrected chi connectivity index (χ1v) is 6.42. The Labute approximate surface area is 104 Å². The lowest BCUT2D eigenvalue weighted by Crippen LogP contribution is -2.31. The molecule has 90 valence electrons. The van der Waals surface area contributed by atoms with Gasteiger partial charge < -0.3 is 9.47 Å². The zero-order chi connectivity index (χ0) is 12.7. The molecule has 1 aromatic heterocycles. The molecule has 0 saturated carbocycles. The second-order valence-corrected chi connectivity index (χ2v) is 5.18. The van der Waals surface area contributed by atoms with Gasteiger partial charge in [0.05, 0.1) is 1.37 Å². The van der Waals surface area contributed by atoms with E-state index in [9.17, 15) is 0 Å². The molecule has 0 amide bonds. The summed E-state index contributed by atoms with van der Waals surface area (Å²) in [6.45, 7) is 4.52. The Bertz CT molecular complexity index is 565. The standard InChI is InChI=1S/C15H20N2/c1-12-11-13-5-3-4-6-15(13)17(12)14-7-9-16(2)10-8-14/h3-6,11,14H,7-10H2,1-2H3/i4D. The normalized spacial score (nSPS) is 19.8. The lowest BCUT2D eigenvalue weighted by Gasteiger charge is -2.31. The van der Waals surface area contributed by atoms with Crippen LogP contribution in [0.3, 0.4) is 0 Å². The number of nitrogens with zero attached hydrogens (tertiary/aromatic N) is 2. The minimum absolute atomic E-state index is 0.598. The Morgan fingerprint density at radius 1 is 1.29 bits per heavy atom. The Kier molecular flexibility index (Phi) is 2.39. The van der Waals surface area contributed by atoms with Gasteiger partial charge >= 0.3 is 0 Å². The summed E-state index contributed by atoms with van der Waals surface area (Å²) in [7, 11) is 2.19. The van der Waals surface area contributed by atoms with Gasteiger partial charge in [0.15, 0.2) is 0 Å². The minimum atomic E-state index is 0.598. The lowest BCUT2D eigenvalue weighted by atomic mass is 10.0. The monoisotopic (exact) mass is 229 g/mol. The van der Waals surface area contributed by atoms with Crippen LogP contribution >= 0.6 is 0 Å². The molecule has 2 heterocycles. The van der Waals surface area contributed by atoms with Gasteiger partial charge in [0.25, 0.3) is 0 Å². The molecule has 2 nitrogen and oxygen atoms in total. The van der Waals surface area contributed by atoms with Crippen LogP contribution in [0, 0.1) is 6.92 Å². The average Bonchev–Trinajstić information content (AvgIpc) is 2.66. The Morgan fingerprint density at radius 3 is 2.82 bits per heavy atom. The molecule has 2 heteroatoms. The first-order valence-electron chi connectivity index (χ1n) is 6.92. The van der Waals surface area contributed by atoms with E-state index in [1.54, 1.807) is 0 Å². The highest BCUT2D eigenvalue weighted by atomic mass is 15.1. The third-order valence-electron chi connectivity index (χ3n) is 3.93. The van der Waals surface area contributed by atoms with Crippen molar-refractivity contribution in [2.45, 2.75) is 25.8 Å². The van der Waals surface area contributed by atoms with Crippen LogP contribution < -0.4 is 0 Å². The Morgan fingerprint density at radius 2 is 2.06 bits per heavy atom. The van der Waals surface area contributed by atoms with Crippen molar-refractivity contribution in [3.63, 3.8) is 0 Å². The van der Waals surface area contributed by atoms with E-state index in [0.717, 1.165) is 0 Å². The van der Waals surface area contributed by atoms with Gasteiger partial charge in [0, 0.05) is 17.3 Å². The molecule has 1 aromatic carbocycles. The van der Waals surface area contributed by atoms with Crippen molar-refractivity contribution < 1.29 is 1.37 Å². The van der Waals surface area contributed by atoms with Crippen molar-refractivity contribution in [1.82, 2.24) is 9.47 Å². The van der Waals surface area contributed by atoms with Crippen LogP contribution in [0.2, 0.25) is 0 Å². The third kappa shape index (κ3) is 1.87. The number of hydrogen-bond acceptors (Lipinski definition) is 1. The van der Waals surface area contributed by atoms with Crippen LogP contribution in [-0.4, -0.2) is 29.6 Å². The second-order valence-electron chi connectivity index (χ2n) is 5.18. The Hall–Kier alpha value is -1.28. The van der Waals surface area contributed by atoms with Gasteiger partial charge in [-0.25, -0.2) is 0 Å². The van der Waals surface area contributed by atoms with E-state index in [1.807, 2.05) is 12.1 Å². The molecule has 0 atom stereocenters. The van der Waals surface area contributed by atoms with Gasteiger partial charge in [-0.3, -0.25) is 0 Å². The van der Waals surface area contributed by atoms with Crippen molar-refractivity contribution in [2.24, 2.45) is 0 Å². The summed E-state index contributed by atoms with van der Waals surface area (Å²) in [6.07, 6.45) is 2.42. The van der Waals surface area contributed by atoms with Crippen molar-refractivity contribution in [1.29, 1.82) is 0 Å². The van der Waals surface area contributed by atoms with Gasteiger partial charge in [0.1, 0.15) is 0 Å². The van der Waals surface area contributed by atoms with Gasteiger partial charge in [-0.05, 0) is 57.4 Å². The molecular weight excluding hydrogens is 208 g/mol. The fourth-order valence-electron chi connectivity index (χ4n) is 2.99. The van der Waals surface area contributed by atoms with Crippen molar-refractivity contribution >= 4 is 10.9 Å². The maximum Gasteiger partial charge on any atom is 0.0623 e. The average molecular weight is 229 g/mol. The van der Waals surface area contributed by atoms with Crippen molar-refractivity contribution in [2.75, 3.05) is 20.1 Å². The Balaban J connectivity index is 2.05. The number of hydrogen-bond donors (Lipinski definition) is 0. The number of aromatic nitrogens is 1. The molecule has 2 aromatic rings. The third-order valence-corrected chi connectivity index (χ3v) is 3.93. The van der Waals surface area contributed by atoms with E-state index in [0.29, 0.717) is 12.1 Å². The molecular formula is C15H20N2. The smallest absolute Gasteiger partial charge is 0.0623 e. The van der Waals surface area contributed by atoms with Crippen LogP contribution in [0.25, 0.3) is 10.9 Å². The summed E-state index contributed by atoms with van der Waals surface area (Å²) in [5, 5.41) is 1.27. The van der Waals surface area contributed by atoms with Crippen LogP contribution in [0.15, 0.2) is 30.3 Å². The quantitative estimate of drug-likeness (QED) is 0.729. The van der Waals surface area contributed by atoms with Crippen LogP contribution in [-0.2, 0) is 0 Å². The molecule has 0 unspecified atom stereocenters. The van der Waals surface area contributed by atoms with Gasteiger partial charge in [0.2, 0.25) is 0 Å². The molecule has 1 aliphatic heterocycles. The first kappa shape index (κ1) is 9.72. The van der Waals surface area contributed by atoms with Crippen LogP contribution in [0.1, 0.15) is 25.9 Å². The summed E-state index contributed by atoms with van der Waals surface area (Å²) < 4.78 is 10.3. The first-order chi connectivity index (χ1) is 8.65. The largest absolute Gasteiger partial charge is 0.342 e. The number of para-hydroxylation sites is 1. The minimum Gasteiger partial charge on any atom is -0.342 e. The number of likely N-dealkylation sites (tertiary alicyclic amines) is 1. The summed E-state index contributed by atoms with van der Waals surface area (Å²) >= 11 is 0. The number of fused-ring (bicyclic) bond motifs is 1. The molecule has 1 aliphatic rings. The summed E-state index contributed by atoms with van der Waals surface area (Å²) in [4.78, 5) is 2.40. The highest BCUT2D eigenvalue weighted by Gasteiger charge is 2.20. The highest BCUT2D eigenvalue weighted by molar-refractivity contribution is 5.81. The van der Waals surface area contributed by atoms with Crippen LogP contribution in [0.4, 0.5) is 0 Å². The molecule has 1 fully saturated rings. The molecule has 0 radical (unpaired) electrons.